The van der Waals surface area contributed by atoms with Crippen LogP contribution in [0, 0.1) is 11.3 Å². The SMILES string of the molecule is C=C(CC(/C=C/C)C(=N)N(C)CC)N(C)C(CCC)=NC. The second-order valence-corrected chi connectivity index (χ2v) is 5.25. The maximum atomic E-state index is 8.31. The Morgan fingerprint density at radius 3 is 2.38 bits per heavy atom. The van der Waals surface area contributed by atoms with Crippen LogP contribution in [0.1, 0.15) is 40.0 Å². The van der Waals surface area contributed by atoms with Crippen LogP contribution < -0.4 is 0 Å². The van der Waals surface area contributed by atoms with Crippen LogP contribution in [0.5, 0.6) is 0 Å². The molecular weight excluding hydrogens is 260 g/mol. The van der Waals surface area contributed by atoms with E-state index < -0.39 is 0 Å². The third-order valence-corrected chi connectivity index (χ3v) is 3.71. The van der Waals surface area contributed by atoms with Crippen molar-refractivity contribution in [2.24, 2.45) is 10.9 Å². The normalized spacial score (nSPS) is 13.3. The van der Waals surface area contributed by atoms with Crippen molar-refractivity contribution in [3.8, 4) is 0 Å². The predicted octanol–water partition coefficient (Wildman–Crippen LogP) is 3.77. The highest BCUT2D eigenvalue weighted by atomic mass is 15.2. The molecule has 4 nitrogen and oxygen atoms in total. The Bertz CT molecular complexity index is 396. The van der Waals surface area contributed by atoms with E-state index in [2.05, 4.69) is 36.4 Å². The van der Waals surface area contributed by atoms with E-state index in [4.69, 9.17) is 5.41 Å². The average molecular weight is 292 g/mol. The highest BCUT2D eigenvalue weighted by molar-refractivity contribution is 5.85. The Balaban J connectivity index is 4.94. The lowest BCUT2D eigenvalue weighted by Crippen LogP contribution is -2.33. The summed E-state index contributed by atoms with van der Waals surface area (Å²) < 4.78 is 0. The van der Waals surface area contributed by atoms with E-state index in [-0.39, 0.29) is 5.92 Å². The van der Waals surface area contributed by atoms with E-state index in [1.54, 1.807) is 0 Å². The van der Waals surface area contributed by atoms with Crippen molar-refractivity contribution in [3.63, 3.8) is 0 Å². The summed E-state index contributed by atoms with van der Waals surface area (Å²) in [6, 6.07) is 0. The Hall–Kier alpha value is -1.58. The first-order valence-corrected chi connectivity index (χ1v) is 7.72. The van der Waals surface area contributed by atoms with Crippen molar-refractivity contribution in [3.05, 3.63) is 24.4 Å². The lowest BCUT2D eigenvalue weighted by molar-refractivity contribution is 0.485. The molecule has 1 atom stereocenters. The van der Waals surface area contributed by atoms with E-state index in [9.17, 15) is 0 Å². The third-order valence-electron chi connectivity index (χ3n) is 3.71. The first kappa shape index (κ1) is 19.4. The van der Waals surface area contributed by atoms with Crippen LogP contribution in [0.3, 0.4) is 0 Å². The molecular formula is C17H32N4. The second-order valence-electron chi connectivity index (χ2n) is 5.25. The first-order chi connectivity index (χ1) is 9.92. The molecule has 1 unspecified atom stereocenters. The maximum Gasteiger partial charge on any atom is 0.103 e. The van der Waals surface area contributed by atoms with Crippen molar-refractivity contribution in [2.45, 2.75) is 40.0 Å². The summed E-state index contributed by atoms with van der Waals surface area (Å²) in [6.07, 6.45) is 6.85. The smallest absolute Gasteiger partial charge is 0.103 e. The molecule has 0 heterocycles. The summed E-state index contributed by atoms with van der Waals surface area (Å²) in [6.45, 7) is 11.2. The first-order valence-electron chi connectivity index (χ1n) is 7.72. The van der Waals surface area contributed by atoms with Gasteiger partial charge in [-0.2, -0.15) is 0 Å². The molecule has 1 N–H and O–H groups in total. The van der Waals surface area contributed by atoms with E-state index in [0.29, 0.717) is 5.84 Å². The monoisotopic (exact) mass is 292 g/mol. The van der Waals surface area contributed by atoms with E-state index in [0.717, 1.165) is 37.3 Å². The van der Waals surface area contributed by atoms with Gasteiger partial charge in [-0.15, -0.1) is 0 Å². The molecule has 0 bridgehead atoms. The van der Waals surface area contributed by atoms with Gasteiger partial charge in [0.1, 0.15) is 11.7 Å². The van der Waals surface area contributed by atoms with Gasteiger partial charge >= 0.3 is 0 Å². The molecule has 0 aliphatic heterocycles. The number of nitrogens with one attached hydrogen (secondary N) is 1. The zero-order valence-corrected chi connectivity index (χ0v) is 14.6. The van der Waals surface area contributed by atoms with Crippen LogP contribution in [0.2, 0.25) is 0 Å². The highest BCUT2D eigenvalue weighted by Crippen LogP contribution is 2.18. The van der Waals surface area contributed by atoms with Crippen molar-refractivity contribution in [1.82, 2.24) is 9.80 Å². The summed E-state index contributed by atoms with van der Waals surface area (Å²) in [5, 5.41) is 8.31. The Kier molecular flexibility index (Phi) is 9.42. The van der Waals surface area contributed by atoms with E-state index in [1.807, 2.05) is 39.0 Å². The molecule has 4 heteroatoms. The molecule has 120 valence electrons. The lowest BCUT2D eigenvalue weighted by atomic mass is 10.00. The quantitative estimate of drug-likeness (QED) is 0.420. The van der Waals surface area contributed by atoms with Crippen LogP contribution >= 0.6 is 0 Å². The molecule has 0 aliphatic carbocycles. The number of amidine groups is 2. The van der Waals surface area contributed by atoms with Gasteiger partial charge in [-0.3, -0.25) is 10.4 Å². The molecule has 0 fully saturated rings. The summed E-state index contributed by atoms with van der Waals surface area (Å²) in [5.41, 5.74) is 1.00. The minimum Gasteiger partial charge on any atom is -0.363 e. The summed E-state index contributed by atoms with van der Waals surface area (Å²) >= 11 is 0. The minimum atomic E-state index is 0.0645. The Morgan fingerprint density at radius 1 is 1.33 bits per heavy atom. The van der Waals surface area contributed by atoms with Crippen molar-refractivity contribution in [2.75, 3.05) is 27.7 Å². The molecule has 0 aliphatic rings. The zero-order valence-electron chi connectivity index (χ0n) is 14.6. The second kappa shape index (κ2) is 10.2. The molecule has 0 aromatic carbocycles. The average Bonchev–Trinajstić information content (AvgIpc) is 2.49. The highest BCUT2D eigenvalue weighted by Gasteiger charge is 2.18. The topological polar surface area (TPSA) is 42.7 Å². The van der Waals surface area contributed by atoms with Gasteiger partial charge in [0.2, 0.25) is 0 Å². The van der Waals surface area contributed by atoms with Gasteiger partial charge in [-0.25, -0.2) is 0 Å². The van der Waals surface area contributed by atoms with Gasteiger partial charge < -0.3 is 9.80 Å². The van der Waals surface area contributed by atoms with Crippen molar-refractivity contribution >= 4 is 11.7 Å². The van der Waals surface area contributed by atoms with Crippen LogP contribution in [-0.4, -0.2) is 49.2 Å². The summed E-state index contributed by atoms with van der Waals surface area (Å²) in [4.78, 5) is 8.39. The minimum absolute atomic E-state index is 0.0645. The number of hydrogen-bond acceptors (Lipinski definition) is 2. The summed E-state index contributed by atoms with van der Waals surface area (Å²) in [7, 11) is 5.80. The number of aliphatic imine (C=N–C) groups is 1. The van der Waals surface area contributed by atoms with Gasteiger partial charge in [0.25, 0.3) is 0 Å². The largest absolute Gasteiger partial charge is 0.363 e. The Labute approximate surface area is 130 Å². The van der Waals surface area contributed by atoms with Crippen LogP contribution in [0.25, 0.3) is 0 Å². The molecule has 0 saturated heterocycles. The van der Waals surface area contributed by atoms with Gasteiger partial charge in [0.05, 0.1) is 0 Å². The molecule has 0 amide bonds. The van der Waals surface area contributed by atoms with Gasteiger partial charge in [-0.1, -0.05) is 25.7 Å². The van der Waals surface area contributed by atoms with Crippen molar-refractivity contribution in [1.29, 1.82) is 5.41 Å². The number of rotatable bonds is 8. The van der Waals surface area contributed by atoms with Gasteiger partial charge in [0, 0.05) is 52.1 Å². The van der Waals surface area contributed by atoms with Crippen LogP contribution in [0.15, 0.2) is 29.4 Å². The molecule has 0 rings (SSSR count). The molecule has 0 saturated carbocycles. The fourth-order valence-corrected chi connectivity index (χ4v) is 2.17. The molecule has 21 heavy (non-hydrogen) atoms. The standard InChI is InChI=1S/C17H32N4/c1-8-11-15(17(18)20(6)10-3)13-14(4)21(7)16(19-5)12-9-2/h8,11,15,18H,4,9-10,12-13H2,1-3,5-7H3/b11-8+,18-17?,19-16?. The molecule has 0 aromatic heterocycles. The van der Waals surface area contributed by atoms with Crippen molar-refractivity contribution < 1.29 is 0 Å². The molecule has 0 spiro atoms. The lowest BCUT2D eigenvalue weighted by Gasteiger charge is -2.28. The third kappa shape index (κ3) is 6.15. The molecule has 0 aromatic rings. The Morgan fingerprint density at radius 2 is 1.95 bits per heavy atom. The van der Waals surface area contributed by atoms with Crippen LogP contribution in [-0.2, 0) is 0 Å². The predicted molar refractivity (Wildman–Crippen MR) is 94.1 cm³/mol. The van der Waals surface area contributed by atoms with Gasteiger partial charge in [-0.05, 0) is 20.3 Å². The van der Waals surface area contributed by atoms with Gasteiger partial charge in [0.15, 0.2) is 0 Å². The van der Waals surface area contributed by atoms with E-state index >= 15 is 0 Å². The fraction of sp³-hybridized carbons (Fsp3) is 0.647. The number of allylic oxidation sites excluding steroid dienone is 2. The number of hydrogen-bond donors (Lipinski definition) is 1. The zero-order chi connectivity index (χ0) is 16.4. The fourth-order valence-electron chi connectivity index (χ4n) is 2.17. The van der Waals surface area contributed by atoms with E-state index in [1.165, 1.54) is 0 Å². The maximum absolute atomic E-state index is 8.31. The van der Waals surface area contributed by atoms with Crippen LogP contribution in [0.4, 0.5) is 0 Å². The molecule has 0 radical (unpaired) electrons. The summed E-state index contributed by atoms with van der Waals surface area (Å²) in [5.74, 6) is 1.75. The number of nitrogens with zero attached hydrogens (tertiary/aromatic N) is 3.